The van der Waals surface area contributed by atoms with E-state index in [4.69, 9.17) is 4.42 Å². The molecule has 3 rings (SSSR count). The predicted molar refractivity (Wildman–Crippen MR) is 82.0 cm³/mol. The lowest BCUT2D eigenvalue weighted by molar-refractivity contribution is 0.471. The zero-order valence-corrected chi connectivity index (χ0v) is 12.5. The molecule has 1 N–H and O–H groups in total. The Morgan fingerprint density at radius 1 is 1.25 bits per heavy atom. The number of hydrogen-bond donors (Lipinski definition) is 1. The predicted octanol–water partition coefficient (Wildman–Crippen LogP) is 4.40. The lowest BCUT2D eigenvalue weighted by Crippen LogP contribution is -2.08. The molecule has 4 nitrogen and oxygen atoms in total. The number of para-hydroxylation sites is 2. The van der Waals surface area contributed by atoms with Gasteiger partial charge in [0.15, 0.2) is 4.67 Å². The fraction of sp³-hybridized carbons (Fsp3) is 0.133. The molecule has 0 radical (unpaired) electrons. The number of aromatic nitrogens is 2. The molecule has 3 aromatic rings. The summed E-state index contributed by atoms with van der Waals surface area (Å²) in [5.41, 5.74) is 2.09. The topological polar surface area (TPSA) is 43.0 Å². The Bertz CT molecular complexity index is 691. The van der Waals surface area contributed by atoms with Crippen LogP contribution in [-0.2, 0) is 0 Å². The smallest absolute Gasteiger partial charge is 0.169 e. The maximum Gasteiger partial charge on any atom is 0.169 e. The van der Waals surface area contributed by atoms with Crippen molar-refractivity contribution in [1.82, 2.24) is 9.55 Å². The summed E-state index contributed by atoms with van der Waals surface area (Å²) in [4.78, 5) is 4.09. The molecule has 1 aromatic carbocycles. The highest BCUT2D eigenvalue weighted by Crippen LogP contribution is 2.27. The number of anilines is 1. The zero-order chi connectivity index (χ0) is 13.9. The summed E-state index contributed by atoms with van der Waals surface area (Å²) >= 11 is 3.33. The van der Waals surface area contributed by atoms with Gasteiger partial charge in [-0.25, -0.2) is 4.98 Å². The van der Waals surface area contributed by atoms with E-state index in [-0.39, 0.29) is 6.04 Å². The van der Waals surface area contributed by atoms with Gasteiger partial charge in [-0.1, -0.05) is 12.1 Å². The molecule has 0 bridgehead atoms. The van der Waals surface area contributed by atoms with Gasteiger partial charge in [-0.3, -0.25) is 0 Å². The minimum absolute atomic E-state index is 0.0750. The Morgan fingerprint density at radius 2 is 2.10 bits per heavy atom. The molecule has 0 aliphatic rings. The molecule has 0 saturated heterocycles. The third kappa shape index (κ3) is 2.63. The minimum atomic E-state index is 0.0750. The number of nitrogens with zero attached hydrogens (tertiary/aromatic N) is 2. The number of rotatable bonds is 4. The largest absolute Gasteiger partial charge is 0.452 e. The average molecular weight is 332 g/mol. The molecule has 2 aromatic heterocycles. The van der Waals surface area contributed by atoms with Crippen molar-refractivity contribution in [3.8, 4) is 5.69 Å². The number of imidazole rings is 1. The van der Waals surface area contributed by atoms with Gasteiger partial charge in [0.25, 0.3) is 0 Å². The van der Waals surface area contributed by atoms with Crippen LogP contribution in [0.4, 0.5) is 5.69 Å². The van der Waals surface area contributed by atoms with Gasteiger partial charge in [0.1, 0.15) is 5.76 Å². The Hall–Kier alpha value is -2.01. The quantitative estimate of drug-likeness (QED) is 0.770. The summed E-state index contributed by atoms with van der Waals surface area (Å²) < 4.78 is 8.30. The van der Waals surface area contributed by atoms with Crippen molar-refractivity contribution < 1.29 is 4.42 Å². The van der Waals surface area contributed by atoms with Crippen molar-refractivity contribution in [2.45, 2.75) is 13.0 Å². The third-order valence-corrected chi connectivity index (χ3v) is 3.51. The van der Waals surface area contributed by atoms with Gasteiger partial charge in [0, 0.05) is 12.4 Å². The van der Waals surface area contributed by atoms with Crippen LogP contribution in [-0.4, -0.2) is 9.55 Å². The van der Waals surface area contributed by atoms with E-state index in [1.54, 1.807) is 12.5 Å². The van der Waals surface area contributed by atoms with Crippen LogP contribution >= 0.6 is 15.9 Å². The van der Waals surface area contributed by atoms with Crippen molar-refractivity contribution in [2.24, 2.45) is 0 Å². The van der Waals surface area contributed by atoms with Crippen LogP contribution < -0.4 is 5.32 Å². The van der Waals surface area contributed by atoms with Gasteiger partial charge in [-0.15, -0.1) is 0 Å². The molecule has 0 spiro atoms. The molecule has 0 fully saturated rings. The Balaban J connectivity index is 1.88. The summed E-state index contributed by atoms with van der Waals surface area (Å²) in [6, 6.07) is 12.0. The molecule has 1 unspecified atom stereocenters. The SMILES string of the molecule is CC(Nc1ccccc1-n1ccnc1)c1ccc(Br)o1. The van der Waals surface area contributed by atoms with E-state index in [1.807, 2.05) is 41.1 Å². The molecule has 1 atom stereocenters. The number of halogens is 1. The molecular formula is C15H14BrN3O. The fourth-order valence-electron chi connectivity index (χ4n) is 2.09. The van der Waals surface area contributed by atoms with Crippen LogP contribution in [0.3, 0.4) is 0 Å². The summed E-state index contributed by atoms with van der Waals surface area (Å²) in [6.07, 6.45) is 5.48. The number of furan rings is 1. The maximum absolute atomic E-state index is 5.58. The second-order valence-electron chi connectivity index (χ2n) is 4.50. The van der Waals surface area contributed by atoms with Gasteiger partial charge < -0.3 is 14.3 Å². The summed E-state index contributed by atoms with van der Waals surface area (Å²) in [7, 11) is 0. The van der Waals surface area contributed by atoms with Crippen LogP contribution in [0, 0.1) is 0 Å². The van der Waals surface area contributed by atoms with Crippen LogP contribution in [0.1, 0.15) is 18.7 Å². The lowest BCUT2D eigenvalue weighted by atomic mass is 10.2. The summed E-state index contributed by atoms with van der Waals surface area (Å²) in [5, 5.41) is 3.47. The van der Waals surface area contributed by atoms with Crippen LogP contribution in [0.15, 0.2) is 64.2 Å². The number of hydrogen-bond acceptors (Lipinski definition) is 3. The Kier molecular flexibility index (Phi) is 3.60. The van der Waals surface area contributed by atoms with Gasteiger partial charge in [-0.2, -0.15) is 0 Å². The molecule has 20 heavy (non-hydrogen) atoms. The molecular weight excluding hydrogens is 318 g/mol. The number of benzene rings is 1. The van der Waals surface area contributed by atoms with Gasteiger partial charge in [-0.05, 0) is 47.1 Å². The molecule has 0 aliphatic carbocycles. The van der Waals surface area contributed by atoms with Crippen molar-refractivity contribution >= 4 is 21.6 Å². The van der Waals surface area contributed by atoms with E-state index in [1.165, 1.54) is 0 Å². The van der Waals surface area contributed by atoms with Crippen LogP contribution in [0.2, 0.25) is 0 Å². The summed E-state index contributed by atoms with van der Waals surface area (Å²) in [6.45, 7) is 2.07. The standard InChI is InChI=1S/C15H14BrN3O/c1-11(14-6-7-15(16)20-14)18-12-4-2-3-5-13(12)19-9-8-17-10-19/h2-11,18H,1H3. The van der Waals surface area contributed by atoms with E-state index >= 15 is 0 Å². The highest BCUT2D eigenvalue weighted by molar-refractivity contribution is 9.10. The first-order chi connectivity index (χ1) is 9.74. The van der Waals surface area contributed by atoms with Gasteiger partial charge in [0.2, 0.25) is 0 Å². The van der Waals surface area contributed by atoms with Crippen molar-refractivity contribution in [3.63, 3.8) is 0 Å². The van der Waals surface area contributed by atoms with Gasteiger partial charge in [0.05, 0.1) is 23.7 Å². The van der Waals surface area contributed by atoms with E-state index in [2.05, 4.69) is 39.2 Å². The molecule has 0 aliphatic heterocycles. The molecule has 2 heterocycles. The van der Waals surface area contributed by atoms with Crippen molar-refractivity contribution in [1.29, 1.82) is 0 Å². The number of nitrogens with one attached hydrogen (secondary N) is 1. The molecule has 0 saturated carbocycles. The molecule has 5 heteroatoms. The van der Waals surface area contributed by atoms with E-state index in [0.717, 1.165) is 21.8 Å². The van der Waals surface area contributed by atoms with Crippen molar-refractivity contribution in [2.75, 3.05) is 5.32 Å². The average Bonchev–Trinajstić information content (AvgIpc) is 3.10. The molecule has 0 amide bonds. The van der Waals surface area contributed by atoms with E-state index in [0.29, 0.717) is 0 Å². The van der Waals surface area contributed by atoms with Gasteiger partial charge >= 0.3 is 0 Å². The second-order valence-corrected chi connectivity index (χ2v) is 5.28. The first-order valence-corrected chi connectivity index (χ1v) is 7.12. The molecule has 102 valence electrons. The first-order valence-electron chi connectivity index (χ1n) is 6.33. The van der Waals surface area contributed by atoms with Crippen LogP contribution in [0.25, 0.3) is 5.69 Å². The van der Waals surface area contributed by atoms with E-state index < -0.39 is 0 Å². The monoisotopic (exact) mass is 331 g/mol. The highest BCUT2D eigenvalue weighted by Gasteiger charge is 2.12. The van der Waals surface area contributed by atoms with E-state index in [9.17, 15) is 0 Å². The highest BCUT2D eigenvalue weighted by atomic mass is 79.9. The fourth-order valence-corrected chi connectivity index (χ4v) is 2.41. The maximum atomic E-state index is 5.58. The zero-order valence-electron chi connectivity index (χ0n) is 11.0. The lowest BCUT2D eigenvalue weighted by Gasteiger charge is -2.16. The minimum Gasteiger partial charge on any atom is -0.452 e. The third-order valence-electron chi connectivity index (χ3n) is 3.08. The Labute approximate surface area is 125 Å². The first kappa shape index (κ1) is 13.0. The summed E-state index contributed by atoms with van der Waals surface area (Å²) in [5.74, 6) is 0.886. The normalized spacial score (nSPS) is 12.3. The van der Waals surface area contributed by atoms with Crippen molar-refractivity contribution in [3.05, 3.63) is 65.5 Å². The Morgan fingerprint density at radius 3 is 2.80 bits per heavy atom. The van der Waals surface area contributed by atoms with Crippen LogP contribution in [0.5, 0.6) is 0 Å². The second kappa shape index (κ2) is 5.54.